The van der Waals surface area contributed by atoms with Crippen LogP contribution >= 0.6 is 0 Å². The summed E-state index contributed by atoms with van der Waals surface area (Å²) in [5, 5.41) is 0. The van der Waals surface area contributed by atoms with Gasteiger partial charge in [0.15, 0.2) is 0 Å². The minimum atomic E-state index is -4.45. The number of allylic oxidation sites excluding steroid dienone is 3. The van der Waals surface area contributed by atoms with Crippen molar-refractivity contribution in [3.05, 3.63) is 36.0 Å². The average Bonchev–Trinajstić information content (AvgIpc) is 2.24. The summed E-state index contributed by atoms with van der Waals surface area (Å²) in [4.78, 5) is 1.35. The van der Waals surface area contributed by atoms with Gasteiger partial charge in [0.05, 0.1) is 12.0 Å². The molecule has 116 valence electrons. The summed E-state index contributed by atoms with van der Waals surface area (Å²) in [6, 6.07) is 0. The normalized spacial score (nSPS) is 14.3. The number of hydrogen-bond donors (Lipinski definition) is 0. The van der Waals surface area contributed by atoms with Gasteiger partial charge in [-0.25, -0.2) is 0 Å². The van der Waals surface area contributed by atoms with Crippen LogP contribution in [-0.4, -0.2) is 37.4 Å². The molecule has 0 aromatic rings. The van der Waals surface area contributed by atoms with E-state index >= 15 is 0 Å². The van der Waals surface area contributed by atoms with Crippen LogP contribution in [0.2, 0.25) is 0 Å². The van der Waals surface area contributed by atoms with Gasteiger partial charge in [0, 0.05) is 13.1 Å². The summed E-state index contributed by atoms with van der Waals surface area (Å²) in [6.07, 6.45) is -6.74. The van der Waals surface area contributed by atoms with Gasteiger partial charge >= 0.3 is 12.4 Å². The van der Waals surface area contributed by atoms with Gasteiger partial charge in [0.1, 0.15) is 0 Å². The molecule has 0 fully saturated rings. The van der Waals surface area contributed by atoms with Gasteiger partial charge in [-0.3, -0.25) is 0 Å². The molecule has 0 saturated carbocycles. The van der Waals surface area contributed by atoms with Crippen LogP contribution in [0.3, 0.4) is 0 Å². The third kappa shape index (κ3) is 8.79. The maximum atomic E-state index is 12.4. The predicted octanol–water partition coefficient (Wildman–Crippen LogP) is 4.49. The van der Waals surface area contributed by atoms with Crippen LogP contribution in [-0.2, 0) is 0 Å². The molecule has 7 heteroatoms. The van der Waals surface area contributed by atoms with Crippen molar-refractivity contribution in [1.29, 1.82) is 0 Å². The first-order valence-corrected chi connectivity index (χ1v) is 5.80. The molecule has 0 unspecified atom stereocenters. The molecule has 1 nitrogen and oxygen atoms in total. The second-order valence-corrected chi connectivity index (χ2v) is 4.34. The summed E-state index contributed by atoms with van der Waals surface area (Å²) < 4.78 is 73.2. The maximum Gasteiger partial charge on any atom is 0.416 e. The zero-order valence-corrected chi connectivity index (χ0v) is 11.3. The van der Waals surface area contributed by atoms with E-state index in [0.29, 0.717) is 5.57 Å². The van der Waals surface area contributed by atoms with Crippen LogP contribution in [0, 0.1) is 0 Å². The Labute approximate surface area is 114 Å². The number of alkyl halides is 6. The molecule has 0 rings (SSSR count). The molecule has 0 aliphatic rings. The van der Waals surface area contributed by atoms with E-state index in [1.165, 1.54) is 18.9 Å². The fourth-order valence-electron chi connectivity index (χ4n) is 1.36. The maximum absolute atomic E-state index is 12.4. The Morgan fingerprint density at radius 2 is 1.65 bits per heavy atom. The fraction of sp³-hybridized carbons (Fsp3) is 0.538. The SMILES string of the molecule is C=C(/C=C\C(=C/C)C(F)(F)F)CN(C)CCC(F)(F)F. The summed E-state index contributed by atoms with van der Waals surface area (Å²) in [5.74, 6) is 0. The van der Waals surface area contributed by atoms with Gasteiger partial charge in [0.25, 0.3) is 0 Å². The molecule has 0 aliphatic heterocycles. The van der Waals surface area contributed by atoms with Crippen molar-refractivity contribution in [1.82, 2.24) is 4.90 Å². The lowest BCUT2D eigenvalue weighted by atomic mass is 10.1. The molecule has 0 aromatic carbocycles. The third-order valence-corrected chi connectivity index (χ3v) is 2.39. The number of nitrogens with zero attached hydrogens (tertiary/aromatic N) is 1. The van der Waals surface area contributed by atoms with Crippen molar-refractivity contribution < 1.29 is 26.3 Å². The Kier molecular flexibility index (Phi) is 7.05. The average molecular weight is 301 g/mol. The van der Waals surface area contributed by atoms with Gasteiger partial charge in [-0.05, 0) is 19.5 Å². The molecule has 0 atom stereocenters. The molecule has 20 heavy (non-hydrogen) atoms. The van der Waals surface area contributed by atoms with E-state index in [-0.39, 0.29) is 13.1 Å². The fourth-order valence-corrected chi connectivity index (χ4v) is 1.36. The second kappa shape index (κ2) is 7.52. The van der Waals surface area contributed by atoms with Crippen LogP contribution in [0.5, 0.6) is 0 Å². The number of halogens is 6. The minimum absolute atomic E-state index is 0.0709. The first-order valence-electron chi connectivity index (χ1n) is 5.80. The standard InChI is InChI=1S/C13H17F6N/c1-4-11(13(17,18)19)6-5-10(2)9-20(3)8-7-12(14,15)16/h4-6H,2,7-9H2,1,3H3/b6-5-,11-4+. The summed E-state index contributed by atoms with van der Waals surface area (Å²) >= 11 is 0. The largest absolute Gasteiger partial charge is 0.416 e. The highest BCUT2D eigenvalue weighted by atomic mass is 19.4. The third-order valence-electron chi connectivity index (χ3n) is 2.39. The van der Waals surface area contributed by atoms with Crippen molar-refractivity contribution in [3.8, 4) is 0 Å². The van der Waals surface area contributed by atoms with E-state index in [9.17, 15) is 26.3 Å². The van der Waals surface area contributed by atoms with Crippen molar-refractivity contribution >= 4 is 0 Å². The Morgan fingerprint density at radius 1 is 1.10 bits per heavy atom. The highest BCUT2D eigenvalue weighted by Crippen LogP contribution is 2.26. The Morgan fingerprint density at radius 3 is 2.05 bits per heavy atom. The monoisotopic (exact) mass is 301 g/mol. The van der Waals surface area contributed by atoms with E-state index in [1.807, 2.05) is 0 Å². The van der Waals surface area contributed by atoms with E-state index in [4.69, 9.17) is 0 Å². The number of hydrogen-bond acceptors (Lipinski definition) is 1. The Hall–Kier alpha value is -1.24. The van der Waals surface area contributed by atoms with Crippen LogP contribution in [0.25, 0.3) is 0 Å². The lowest BCUT2D eigenvalue weighted by Gasteiger charge is -2.17. The van der Waals surface area contributed by atoms with Crippen LogP contribution in [0.4, 0.5) is 26.3 Å². The van der Waals surface area contributed by atoms with Gasteiger partial charge in [-0.2, -0.15) is 26.3 Å². The first-order chi connectivity index (χ1) is 8.95. The highest BCUT2D eigenvalue weighted by Gasteiger charge is 2.30. The molecule has 0 N–H and O–H groups in total. The lowest BCUT2D eigenvalue weighted by molar-refractivity contribution is -0.137. The smallest absolute Gasteiger partial charge is 0.302 e. The number of likely N-dealkylation sites (N-methyl/N-ethyl adjacent to an activating group) is 1. The zero-order valence-electron chi connectivity index (χ0n) is 11.3. The van der Waals surface area contributed by atoms with E-state index < -0.39 is 24.3 Å². The Balaban J connectivity index is 4.36. The van der Waals surface area contributed by atoms with Crippen molar-refractivity contribution in [2.45, 2.75) is 25.7 Å². The molecule has 0 radical (unpaired) electrons. The van der Waals surface area contributed by atoms with Crippen molar-refractivity contribution in [2.75, 3.05) is 20.1 Å². The second-order valence-electron chi connectivity index (χ2n) is 4.34. The molecule has 0 aliphatic carbocycles. The molecular weight excluding hydrogens is 284 g/mol. The predicted molar refractivity (Wildman–Crippen MR) is 66.3 cm³/mol. The zero-order chi connectivity index (χ0) is 16.0. The summed E-state index contributed by atoms with van der Waals surface area (Å²) in [5.41, 5.74) is -0.519. The Bertz CT molecular complexity index is 375. The van der Waals surface area contributed by atoms with E-state index in [2.05, 4.69) is 6.58 Å². The van der Waals surface area contributed by atoms with Crippen LogP contribution in [0.15, 0.2) is 36.0 Å². The van der Waals surface area contributed by atoms with Gasteiger partial charge in [-0.15, -0.1) is 0 Å². The van der Waals surface area contributed by atoms with Gasteiger partial charge in [0.2, 0.25) is 0 Å². The molecular formula is C13H17F6N. The van der Waals surface area contributed by atoms with Crippen molar-refractivity contribution in [3.63, 3.8) is 0 Å². The molecule has 0 saturated heterocycles. The van der Waals surface area contributed by atoms with E-state index in [0.717, 1.165) is 18.2 Å². The highest BCUT2D eigenvalue weighted by molar-refractivity contribution is 5.29. The van der Waals surface area contributed by atoms with Crippen molar-refractivity contribution in [2.24, 2.45) is 0 Å². The number of rotatable bonds is 6. The quantitative estimate of drug-likeness (QED) is 0.516. The van der Waals surface area contributed by atoms with Gasteiger partial charge in [-0.1, -0.05) is 24.8 Å². The van der Waals surface area contributed by atoms with E-state index in [1.54, 1.807) is 0 Å². The summed E-state index contributed by atoms with van der Waals surface area (Å²) in [7, 11) is 1.45. The molecule has 0 aromatic heterocycles. The molecule has 0 bridgehead atoms. The van der Waals surface area contributed by atoms with Gasteiger partial charge < -0.3 is 4.90 Å². The van der Waals surface area contributed by atoms with Crippen LogP contribution < -0.4 is 0 Å². The molecule has 0 amide bonds. The molecule has 0 heterocycles. The summed E-state index contributed by atoms with van der Waals surface area (Å²) in [6.45, 7) is 4.62. The van der Waals surface area contributed by atoms with Crippen LogP contribution in [0.1, 0.15) is 13.3 Å². The minimum Gasteiger partial charge on any atom is -0.302 e. The first kappa shape index (κ1) is 18.8. The lowest BCUT2D eigenvalue weighted by Crippen LogP contribution is -2.25. The molecule has 0 spiro atoms. The topological polar surface area (TPSA) is 3.24 Å².